The molecule has 0 spiro atoms. The molecular weight excluding hydrogens is 216 g/mol. The highest BCUT2D eigenvalue weighted by Gasteiger charge is 2.20. The highest BCUT2D eigenvalue weighted by Crippen LogP contribution is 2.18. The number of carbonyl (C=O) groups excluding carboxylic acids is 1. The second-order valence-electron chi connectivity index (χ2n) is 3.08. The van der Waals surface area contributed by atoms with E-state index < -0.39 is 0 Å². The van der Waals surface area contributed by atoms with Crippen LogP contribution in [0.5, 0.6) is 0 Å². The number of ether oxygens (including phenoxy) is 1. The van der Waals surface area contributed by atoms with E-state index in [2.05, 4.69) is 10.4 Å². The Balaban J connectivity index is 2.05. The Morgan fingerprint density at radius 3 is 2.93 bits per heavy atom. The van der Waals surface area contributed by atoms with Gasteiger partial charge in [0.1, 0.15) is 4.88 Å². The summed E-state index contributed by atoms with van der Waals surface area (Å²) >= 11 is 1.26. The number of nitrogens with two attached hydrogens (primary N) is 1. The van der Waals surface area contributed by atoms with Crippen molar-refractivity contribution in [1.82, 2.24) is 9.88 Å². The fourth-order valence-corrected chi connectivity index (χ4v) is 2.06. The lowest BCUT2D eigenvalue weighted by atomic mass is 10.4. The molecule has 2 heterocycles. The topological polar surface area (TPSA) is 80.5 Å². The maximum Gasteiger partial charge on any atom is 0.265 e. The third kappa shape index (κ3) is 2.25. The van der Waals surface area contributed by atoms with Crippen molar-refractivity contribution in [2.45, 2.75) is 0 Å². The van der Waals surface area contributed by atoms with Crippen molar-refractivity contribution in [2.24, 2.45) is 5.84 Å². The SMILES string of the molecule is NNc1ncc(C(=O)N2CCOCC2)s1. The molecule has 1 aromatic heterocycles. The molecule has 0 atom stereocenters. The molecule has 0 saturated carbocycles. The summed E-state index contributed by atoms with van der Waals surface area (Å²) in [5.41, 5.74) is 2.42. The van der Waals surface area contributed by atoms with Crippen LogP contribution in [0, 0.1) is 0 Å². The van der Waals surface area contributed by atoms with Crippen molar-refractivity contribution in [3.8, 4) is 0 Å². The van der Waals surface area contributed by atoms with Gasteiger partial charge in [0.25, 0.3) is 5.91 Å². The third-order valence-corrected chi connectivity index (χ3v) is 3.05. The van der Waals surface area contributed by atoms with E-state index in [0.717, 1.165) is 0 Å². The first-order valence-electron chi connectivity index (χ1n) is 4.60. The normalized spacial score (nSPS) is 16.5. The summed E-state index contributed by atoms with van der Waals surface area (Å²) in [6.45, 7) is 2.49. The maximum absolute atomic E-state index is 11.9. The van der Waals surface area contributed by atoms with Crippen LogP contribution >= 0.6 is 11.3 Å². The zero-order chi connectivity index (χ0) is 10.7. The number of nitrogen functional groups attached to an aromatic ring is 1. The lowest BCUT2D eigenvalue weighted by molar-refractivity contribution is 0.0306. The number of nitrogens with one attached hydrogen (secondary N) is 1. The number of amides is 1. The second kappa shape index (κ2) is 4.56. The standard InChI is InChI=1S/C8H12N4O2S/c9-11-8-10-5-6(15-8)7(13)12-1-3-14-4-2-12/h5H,1-4,9H2,(H,10,11). The molecule has 82 valence electrons. The summed E-state index contributed by atoms with van der Waals surface area (Å²) in [7, 11) is 0. The maximum atomic E-state index is 11.9. The number of anilines is 1. The average molecular weight is 228 g/mol. The van der Waals surface area contributed by atoms with Gasteiger partial charge in [-0.3, -0.25) is 10.2 Å². The summed E-state index contributed by atoms with van der Waals surface area (Å²) in [6, 6.07) is 0. The number of morpholine rings is 1. The van der Waals surface area contributed by atoms with Crippen LogP contribution in [0.25, 0.3) is 0 Å². The van der Waals surface area contributed by atoms with Crippen LogP contribution in [-0.4, -0.2) is 42.1 Å². The van der Waals surface area contributed by atoms with Gasteiger partial charge in [-0.05, 0) is 0 Å². The summed E-state index contributed by atoms with van der Waals surface area (Å²) in [4.78, 5) is 18.2. The first kappa shape index (κ1) is 10.3. The number of hydrogen-bond donors (Lipinski definition) is 2. The van der Waals surface area contributed by atoms with Gasteiger partial charge in [-0.2, -0.15) is 0 Å². The van der Waals surface area contributed by atoms with Gasteiger partial charge >= 0.3 is 0 Å². The predicted molar refractivity (Wildman–Crippen MR) is 56.6 cm³/mol. The van der Waals surface area contributed by atoms with Gasteiger partial charge < -0.3 is 9.64 Å². The number of nitrogens with zero attached hydrogens (tertiary/aromatic N) is 2. The second-order valence-corrected chi connectivity index (χ2v) is 4.11. The van der Waals surface area contributed by atoms with Crippen molar-refractivity contribution < 1.29 is 9.53 Å². The van der Waals surface area contributed by atoms with Crippen molar-refractivity contribution >= 4 is 22.4 Å². The van der Waals surface area contributed by atoms with E-state index in [1.54, 1.807) is 4.90 Å². The van der Waals surface area contributed by atoms with Gasteiger partial charge in [-0.25, -0.2) is 10.8 Å². The number of thiazole rings is 1. The van der Waals surface area contributed by atoms with E-state index in [0.29, 0.717) is 36.3 Å². The van der Waals surface area contributed by atoms with Gasteiger partial charge in [-0.15, -0.1) is 0 Å². The minimum Gasteiger partial charge on any atom is -0.378 e. The molecule has 3 N–H and O–H groups in total. The van der Waals surface area contributed by atoms with Crippen LogP contribution in [0.4, 0.5) is 5.13 Å². The Hall–Kier alpha value is -1.18. The molecule has 7 heteroatoms. The molecule has 0 aliphatic carbocycles. The molecular formula is C8H12N4O2S. The quantitative estimate of drug-likeness (QED) is 0.546. The smallest absolute Gasteiger partial charge is 0.265 e. The Kier molecular flexibility index (Phi) is 3.14. The summed E-state index contributed by atoms with van der Waals surface area (Å²) in [6.07, 6.45) is 1.54. The molecule has 15 heavy (non-hydrogen) atoms. The van der Waals surface area contributed by atoms with Crippen LogP contribution in [-0.2, 0) is 4.74 Å². The number of carbonyl (C=O) groups is 1. The molecule has 0 bridgehead atoms. The Bertz CT molecular complexity index is 348. The van der Waals surface area contributed by atoms with Crippen molar-refractivity contribution in [1.29, 1.82) is 0 Å². The average Bonchev–Trinajstić information content (AvgIpc) is 2.78. The number of rotatable bonds is 2. The fraction of sp³-hybridized carbons (Fsp3) is 0.500. The first-order valence-corrected chi connectivity index (χ1v) is 5.42. The lowest BCUT2D eigenvalue weighted by Crippen LogP contribution is -2.40. The monoisotopic (exact) mass is 228 g/mol. The van der Waals surface area contributed by atoms with Crippen LogP contribution in [0.15, 0.2) is 6.20 Å². The number of hydrazine groups is 1. The lowest BCUT2D eigenvalue weighted by Gasteiger charge is -2.26. The van der Waals surface area contributed by atoms with E-state index in [-0.39, 0.29) is 5.91 Å². The van der Waals surface area contributed by atoms with E-state index in [1.165, 1.54) is 17.5 Å². The Morgan fingerprint density at radius 2 is 2.33 bits per heavy atom. The molecule has 1 aliphatic rings. The van der Waals surface area contributed by atoms with Gasteiger partial charge in [0.2, 0.25) is 0 Å². The van der Waals surface area contributed by atoms with Crippen molar-refractivity contribution in [3.63, 3.8) is 0 Å². The highest BCUT2D eigenvalue weighted by atomic mass is 32.1. The number of hydrogen-bond acceptors (Lipinski definition) is 6. The number of aromatic nitrogens is 1. The largest absolute Gasteiger partial charge is 0.378 e. The molecule has 2 rings (SSSR count). The molecule has 6 nitrogen and oxygen atoms in total. The highest BCUT2D eigenvalue weighted by molar-refractivity contribution is 7.17. The van der Waals surface area contributed by atoms with Gasteiger partial charge in [0.15, 0.2) is 5.13 Å². The van der Waals surface area contributed by atoms with Crippen molar-refractivity contribution in [3.05, 3.63) is 11.1 Å². The molecule has 1 saturated heterocycles. The molecule has 1 aliphatic heterocycles. The Morgan fingerprint density at radius 1 is 1.60 bits per heavy atom. The molecule has 0 radical (unpaired) electrons. The van der Waals surface area contributed by atoms with Crippen LogP contribution in [0.2, 0.25) is 0 Å². The zero-order valence-electron chi connectivity index (χ0n) is 8.10. The Labute approximate surface area is 91.0 Å². The van der Waals surface area contributed by atoms with Crippen LogP contribution < -0.4 is 11.3 Å². The van der Waals surface area contributed by atoms with Crippen LogP contribution in [0.1, 0.15) is 9.67 Å². The summed E-state index contributed by atoms with van der Waals surface area (Å²) in [5, 5.41) is 0.548. The van der Waals surface area contributed by atoms with E-state index in [9.17, 15) is 4.79 Å². The van der Waals surface area contributed by atoms with Gasteiger partial charge in [-0.1, -0.05) is 11.3 Å². The minimum atomic E-state index is -0.00250. The van der Waals surface area contributed by atoms with E-state index in [4.69, 9.17) is 10.6 Å². The van der Waals surface area contributed by atoms with Gasteiger partial charge in [0, 0.05) is 13.1 Å². The third-order valence-electron chi connectivity index (χ3n) is 2.14. The molecule has 0 aromatic carbocycles. The first-order chi connectivity index (χ1) is 7.31. The van der Waals surface area contributed by atoms with Crippen LogP contribution in [0.3, 0.4) is 0 Å². The molecule has 1 aromatic rings. The molecule has 0 unspecified atom stereocenters. The zero-order valence-corrected chi connectivity index (χ0v) is 8.92. The summed E-state index contributed by atoms with van der Waals surface area (Å²) in [5.74, 6) is 5.19. The van der Waals surface area contributed by atoms with Gasteiger partial charge in [0.05, 0.1) is 19.4 Å². The molecule has 1 fully saturated rings. The van der Waals surface area contributed by atoms with E-state index in [1.807, 2.05) is 0 Å². The minimum absolute atomic E-state index is 0.00250. The van der Waals surface area contributed by atoms with Crippen molar-refractivity contribution in [2.75, 3.05) is 31.7 Å². The van der Waals surface area contributed by atoms with E-state index >= 15 is 0 Å². The fourth-order valence-electron chi connectivity index (χ4n) is 1.36. The predicted octanol–water partition coefficient (Wildman–Crippen LogP) is -0.0989. The summed E-state index contributed by atoms with van der Waals surface area (Å²) < 4.78 is 5.17. The molecule has 1 amide bonds.